The van der Waals surface area contributed by atoms with Crippen LogP contribution in [0.15, 0.2) is 60.7 Å². The van der Waals surface area contributed by atoms with Crippen molar-refractivity contribution in [3.05, 3.63) is 72.1 Å². The first-order valence-corrected chi connectivity index (χ1v) is 8.09. The number of halogens is 1. The van der Waals surface area contributed by atoms with Crippen molar-refractivity contribution in [2.75, 3.05) is 6.54 Å². The van der Waals surface area contributed by atoms with E-state index in [1.807, 2.05) is 24.3 Å². The normalized spacial score (nSPS) is 35.7. The number of hydrazine groups is 1. The van der Waals surface area contributed by atoms with Crippen LogP contribution in [0.4, 0.5) is 4.39 Å². The maximum atomic E-state index is 13.3. The lowest BCUT2D eigenvalue weighted by atomic mass is 9.89. The molecule has 1 aliphatic heterocycles. The van der Waals surface area contributed by atoms with Crippen LogP contribution in [0.2, 0.25) is 0 Å². The lowest BCUT2D eigenvalue weighted by Gasteiger charge is -2.39. The van der Waals surface area contributed by atoms with Crippen molar-refractivity contribution in [2.45, 2.75) is 36.4 Å². The number of nitrogens with two attached hydrogens (primary N) is 1. The Morgan fingerprint density at radius 2 is 1.87 bits per heavy atom. The number of allylic oxidation sites excluding steroid dienone is 1. The molecule has 3 aliphatic rings. The molecule has 1 aromatic carbocycles. The van der Waals surface area contributed by atoms with Crippen LogP contribution in [-0.2, 0) is 0 Å². The fourth-order valence-electron chi connectivity index (χ4n) is 3.85. The number of benzene rings is 1. The first-order valence-electron chi connectivity index (χ1n) is 8.09. The van der Waals surface area contributed by atoms with Crippen LogP contribution in [0.3, 0.4) is 0 Å². The first-order chi connectivity index (χ1) is 11.0. The van der Waals surface area contributed by atoms with E-state index in [2.05, 4.69) is 23.6 Å². The van der Waals surface area contributed by atoms with Crippen molar-refractivity contribution in [1.29, 1.82) is 0 Å². The minimum Gasteiger partial charge on any atom is -0.323 e. The second-order valence-electron chi connectivity index (χ2n) is 6.99. The quantitative estimate of drug-likeness (QED) is 0.878. The highest BCUT2D eigenvalue weighted by Gasteiger charge is 2.82. The summed E-state index contributed by atoms with van der Waals surface area (Å²) in [5.74, 6) is -0.221. The summed E-state index contributed by atoms with van der Waals surface area (Å²) >= 11 is 0. The fourth-order valence-corrected chi connectivity index (χ4v) is 3.85. The zero-order valence-corrected chi connectivity index (χ0v) is 13.2. The van der Waals surface area contributed by atoms with Crippen LogP contribution in [0, 0.1) is 5.82 Å². The van der Waals surface area contributed by atoms with E-state index in [0.29, 0.717) is 0 Å². The molecule has 1 aromatic rings. The van der Waals surface area contributed by atoms with Crippen LogP contribution < -0.4 is 11.2 Å². The van der Waals surface area contributed by atoms with Gasteiger partial charge < -0.3 is 5.73 Å². The minimum atomic E-state index is -0.221. The molecule has 3 nitrogen and oxygen atoms in total. The molecule has 1 heterocycles. The van der Waals surface area contributed by atoms with E-state index < -0.39 is 0 Å². The van der Waals surface area contributed by atoms with E-state index >= 15 is 0 Å². The molecule has 4 rings (SSSR count). The molecule has 3 N–H and O–H groups in total. The predicted octanol–water partition coefficient (Wildman–Crippen LogP) is 2.99. The molecule has 23 heavy (non-hydrogen) atoms. The smallest absolute Gasteiger partial charge is 0.123 e. The van der Waals surface area contributed by atoms with E-state index in [1.165, 1.54) is 17.7 Å². The maximum absolute atomic E-state index is 13.3. The molecule has 0 radical (unpaired) electrons. The third kappa shape index (κ3) is 2.21. The largest absolute Gasteiger partial charge is 0.323 e. The van der Waals surface area contributed by atoms with Gasteiger partial charge in [0.2, 0.25) is 0 Å². The van der Waals surface area contributed by atoms with Crippen LogP contribution in [-0.4, -0.2) is 22.6 Å². The Morgan fingerprint density at radius 3 is 2.39 bits per heavy atom. The molecule has 0 bridgehead atoms. The summed E-state index contributed by atoms with van der Waals surface area (Å²) in [6.07, 6.45) is 6.79. The Labute approximate surface area is 136 Å². The molecule has 1 atom stereocenters. The van der Waals surface area contributed by atoms with Crippen molar-refractivity contribution in [3.63, 3.8) is 0 Å². The average molecular weight is 311 g/mol. The predicted molar refractivity (Wildman–Crippen MR) is 89.9 cm³/mol. The van der Waals surface area contributed by atoms with Crippen LogP contribution >= 0.6 is 0 Å². The Hall–Kier alpha value is -1.75. The van der Waals surface area contributed by atoms with Gasteiger partial charge in [-0.15, -0.1) is 0 Å². The van der Waals surface area contributed by atoms with Crippen molar-refractivity contribution >= 4 is 0 Å². The molecule has 0 aromatic heterocycles. The van der Waals surface area contributed by atoms with Crippen molar-refractivity contribution in [3.8, 4) is 0 Å². The maximum Gasteiger partial charge on any atom is 0.123 e. The number of rotatable bonds is 5. The topological polar surface area (TPSA) is 41.3 Å². The number of nitrogens with zero attached hydrogens (tertiary/aromatic N) is 1. The summed E-state index contributed by atoms with van der Waals surface area (Å²) in [7, 11) is 0. The summed E-state index contributed by atoms with van der Waals surface area (Å²) in [5.41, 5.74) is 13.4. The summed E-state index contributed by atoms with van der Waals surface area (Å²) in [6.45, 7) is 8.79. The lowest BCUT2D eigenvalue weighted by Crippen LogP contribution is -2.48. The Kier molecular flexibility index (Phi) is 3.14. The summed E-state index contributed by atoms with van der Waals surface area (Å²) in [5, 5.41) is 2.25. The van der Waals surface area contributed by atoms with Gasteiger partial charge in [-0.25, -0.2) is 14.8 Å². The highest BCUT2D eigenvalue weighted by molar-refractivity contribution is 5.46. The third-order valence-corrected chi connectivity index (χ3v) is 5.55. The van der Waals surface area contributed by atoms with Gasteiger partial charge >= 0.3 is 0 Å². The van der Waals surface area contributed by atoms with Gasteiger partial charge in [0, 0.05) is 12.1 Å². The van der Waals surface area contributed by atoms with E-state index in [1.54, 1.807) is 0 Å². The Bertz CT molecular complexity index is 698. The Morgan fingerprint density at radius 1 is 1.22 bits per heavy atom. The number of hydrogen-bond donors (Lipinski definition) is 2. The fraction of sp³-hybridized carbons (Fsp3) is 0.368. The van der Waals surface area contributed by atoms with Gasteiger partial charge in [-0.05, 0) is 48.1 Å². The van der Waals surface area contributed by atoms with Gasteiger partial charge in [-0.3, -0.25) is 0 Å². The summed E-state index contributed by atoms with van der Waals surface area (Å²) in [6, 6.07) is 6.72. The van der Waals surface area contributed by atoms with Gasteiger partial charge in [0.05, 0.1) is 11.6 Å². The number of hydrogen-bond acceptors (Lipinski definition) is 3. The summed E-state index contributed by atoms with van der Waals surface area (Å²) < 4.78 is 13.3. The molecule has 0 amide bonds. The highest BCUT2D eigenvalue weighted by Crippen LogP contribution is 2.69. The molecule has 4 heteroatoms. The standard InChI is InChI=1S/C19H22FN3/c1-3-13-9-10-23(22-19-11-18(19,21)12-19)17(16(13)4-2)14-5-7-15(20)8-6-14/h3-8,17,22H,1-2,9-12,21H2. The SMILES string of the molecule is C=CC1=C(C=C)C(c2ccc(F)cc2)N(NC23CC2(N)C3)CC1. The van der Waals surface area contributed by atoms with Crippen molar-refractivity contribution in [1.82, 2.24) is 10.4 Å². The monoisotopic (exact) mass is 311 g/mol. The molecular weight excluding hydrogens is 289 g/mol. The van der Waals surface area contributed by atoms with E-state index in [-0.39, 0.29) is 22.9 Å². The average Bonchev–Trinajstić information content (AvgIpc) is 3.31. The van der Waals surface area contributed by atoms with E-state index in [4.69, 9.17) is 5.73 Å². The van der Waals surface area contributed by atoms with Crippen molar-refractivity contribution < 1.29 is 4.39 Å². The molecule has 1 unspecified atom stereocenters. The molecule has 120 valence electrons. The molecule has 2 fully saturated rings. The molecule has 0 spiro atoms. The molecule has 0 saturated heterocycles. The minimum absolute atomic E-state index is 0.00286. The zero-order valence-electron chi connectivity index (χ0n) is 13.2. The van der Waals surface area contributed by atoms with Crippen molar-refractivity contribution in [2.24, 2.45) is 5.73 Å². The first kappa shape index (κ1) is 14.8. The van der Waals surface area contributed by atoms with Crippen LogP contribution in [0.5, 0.6) is 0 Å². The second kappa shape index (κ2) is 4.87. The van der Waals surface area contributed by atoms with Crippen LogP contribution in [0.25, 0.3) is 0 Å². The van der Waals surface area contributed by atoms with Gasteiger partial charge in [0.15, 0.2) is 0 Å². The molecular formula is C19H22FN3. The van der Waals surface area contributed by atoms with Gasteiger partial charge in [-0.2, -0.15) is 0 Å². The second-order valence-corrected chi connectivity index (χ2v) is 6.99. The van der Waals surface area contributed by atoms with Crippen LogP contribution in [0.1, 0.15) is 30.9 Å². The Balaban J connectivity index is 1.70. The van der Waals surface area contributed by atoms with E-state index in [0.717, 1.165) is 36.9 Å². The number of nitrogens with one attached hydrogen (secondary N) is 1. The van der Waals surface area contributed by atoms with E-state index in [9.17, 15) is 4.39 Å². The zero-order chi connectivity index (χ0) is 16.2. The molecule has 2 aliphatic carbocycles. The molecule has 2 saturated carbocycles. The highest BCUT2D eigenvalue weighted by atomic mass is 19.1. The third-order valence-electron chi connectivity index (χ3n) is 5.55. The lowest BCUT2D eigenvalue weighted by molar-refractivity contribution is 0.119. The summed E-state index contributed by atoms with van der Waals surface area (Å²) in [4.78, 5) is 0. The number of fused-ring (bicyclic) bond motifs is 1. The van der Waals surface area contributed by atoms with Gasteiger partial charge in [-0.1, -0.05) is 37.4 Å². The van der Waals surface area contributed by atoms with Gasteiger partial charge in [0.25, 0.3) is 0 Å². The van der Waals surface area contributed by atoms with Gasteiger partial charge in [0.1, 0.15) is 5.82 Å².